The van der Waals surface area contributed by atoms with E-state index in [9.17, 15) is 5.26 Å². The van der Waals surface area contributed by atoms with Crippen LogP contribution in [0, 0.1) is 11.3 Å². The molecule has 0 bridgehead atoms. The van der Waals surface area contributed by atoms with Crippen LogP contribution in [0.5, 0.6) is 6.01 Å². The van der Waals surface area contributed by atoms with Crippen molar-refractivity contribution >= 4 is 23.1 Å². The van der Waals surface area contributed by atoms with Crippen LogP contribution >= 0.6 is 11.6 Å². The Balaban J connectivity index is 1.59. The van der Waals surface area contributed by atoms with Crippen LogP contribution in [0.2, 0.25) is 5.02 Å². The van der Waals surface area contributed by atoms with E-state index in [2.05, 4.69) is 36.2 Å². The second kappa shape index (κ2) is 8.51. The number of methoxy groups -OCH3 is 1. The van der Waals surface area contributed by atoms with Gasteiger partial charge in [-0.1, -0.05) is 11.6 Å². The van der Waals surface area contributed by atoms with E-state index in [0.29, 0.717) is 23.1 Å². The number of nitriles is 1. The van der Waals surface area contributed by atoms with E-state index in [4.69, 9.17) is 16.3 Å². The molecule has 9 heteroatoms. The summed E-state index contributed by atoms with van der Waals surface area (Å²) in [5, 5.41) is 13.5. The van der Waals surface area contributed by atoms with Crippen LogP contribution in [-0.2, 0) is 13.0 Å². The molecule has 0 radical (unpaired) electrons. The van der Waals surface area contributed by atoms with E-state index < -0.39 is 0 Å². The SMILES string of the molecule is COc1ncc([C@@H](C)Nc2ncnc3c2CN(c2ccc(Cl)cc2C#N)CC3)cn1. The van der Waals surface area contributed by atoms with E-state index in [-0.39, 0.29) is 6.04 Å². The zero-order valence-corrected chi connectivity index (χ0v) is 17.4. The number of fused-ring (bicyclic) bond motifs is 1. The highest BCUT2D eigenvalue weighted by molar-refractivity contribution is 6.30. The third-order valence-electron chi connectivity index (χ3n) is 5.11. The van der Waals surface area contributed by atoms with Crippen molar-refractivity contribution in [2.75, 3.05) is 23.9 Å². The largest absolute Gasteiger partial charge is 0.467 e. The number of halogens is 1. The van der Waals surface area contributed by atoms with Gasteiger partial charge in [-0.2, -0.15) is 5.26 Å². The van der Waals surface area contributed by atoms with Gasteiger partial charge in [-0.25, -0.2) is 19.9 Å². The first-order valence-corrected chi connectivity index (χ1v) is 9.86. The monoisotopic (exact) mass is 421 g/mol. The van der Waals surface area contributed by atoms with Crippen LogP contribution < -0.4 is 15.0 Å². The Morgan fingerprint density at radius 3 is 2.77 bits per heavy atom. The molecule has 0 amide bonds. The van der Waals surface area contributed by atoms with E-state index in [1.807, 2.05) is 13.0 Å². The molecule has 0 spiro atoms. The van der Waals surface area contributed by atoms with Crippen molar-refractivity contribution in [3.05, 3.63) is 64.3 Å². The highest BCUT2D eigenvalue weighted by Gasteiger charge is 2.24. The lowest BCUT2D eigenvalue weighted by Crippen LogP contribution is -2.32. The quantitative estimate of drug-likeness (QED) is 0.667. The molecular formula is C21H20ClN7O. The van der Waals surface area contributed by atoms with Crippen LogP contribution in [0.25, 0.3) is 0 Å². The summed E-state index contributed by atoms with van der Waals surface area (Å²) in [7, 11) is 1.54. The maximum Gasteiger partial charge on any atom is 0.316 e. The summed E-state index contributed by atoms with van der Waals surface area (Å²) in [6, 6.07) is 7.90. The number of hydrogen-bond donors (Lipinski definition) is 1. The Morgan fingerprint density at radius 2 is 2.03 bits per heavy atom. The van der Waals surface area contributed by atoms with Gasteiger partial charge in [0.1, 0.15) is 18.2 Å². The summed E-state index contributed by atoms with van der Waals surface area (Å²) in [4.78, 5) is 19.4. The highest BCUT2D eigenvalue weighted by atomic mass is 35.5. The van der Waals surface area contributed by atoms with Gasteiger partial charge < -0.3 is 15.0 Å². The van der Waals surface area contributed by atoms with Crippen molar-refractivity contribution < 1.29 is 4.74 Å². The molecule has 0 unspecified atom stereocenters. The van der Waals surface area contributed by atoms with E-state index >= 15 is 0 Å². The highest BCUT2D eigenvalue weighted by Crippen LogP contribution is 2.31. The number of benzene rings is 1. The second-order valence-electron chi connectivity index (χ2n) is 6.96. The van der Waals surface area contributed by atoms with E-state index in [0.717, 1.165) is 41.3 Å². The van der Waals surface area contributed by atoms with Gasteiger partial charge in [-0.3, -0.25) is 0 Å². The molecule has 0 saturated carbocycles. The fourth-order valence-corrected chi connectivity index (χ4v) is 3.66. The first-order valence-electron chi connectivity index (χ1n) is 9.49. The number of hydrogen-bond acceptors (Lipinski definition) is 8. The van der Waals surface area contributed by atoms with Gasteiger partial charge in [0.05, 0.1) is 30.1 Å². The fraction of sp³-hybridized carbons (Fsp3) is 0.286. The molecule has 1 atom stereocenters. The lowest BCUT2D eigenvalue weighted by atomic mass is 10.0. The molecular weight excluding hydrogens is 402 g/mol. The Morgan fingerprint density at radius 1 is 1.23 bits per heavy atom. The first-order chi connectivity index (χ1) is 14.6. The van der Waals surface area contributed by atoms with Crippen molar-refractivity contribution in [1.82, 2.24) is 19.9 Å². The van der Waals surface area contributed by atoms with Gasteiger partial charge in [-0.15, -0.1) is 0 Å². The average molecular weight is 422 g/mol. The molecule has 4 rings (SSSR count). The second-order valence-corrected chi connectivity index (χ2v) is 7.40. The standard InChI is InChI=1S/C21H20ClN7O/c1-13(15-9-24-21(30-2)25-10-15)28-20-17-11-29(6-5-18(17)26-12-27-20)19-4-3-16(22)7-14(19)8-23/h3-4,7,9-10,12-13H,5-6,11H2,1-2H3,(H,26,27,28)/t13-/m1/s1. The number of anilines is 2. The maximum absolute atomic E-state index is 9.51. The van der Waals surface area contributed by atoms with E-state index in [1.54, 1.807) is 30.9 Å². The number of aromatic nitrogens is 4. The summed E-state index contributed by atoms with van der Waals surface area (Å²) in [5.41, 5.74) is 4.36. The molecule has 1 aliphatic heterocycles. The van der Waals surface area contributed by atoms with Crippen LogP contribution in [0.4, 0.5) is 11.5 Å². The molecule has 2 aromatic heterocycles. The summed E-state index contributed by atoms with van der Waals surface area (Å²) < 4.78 is 5.02. The molecule has 1 aromatic carbocycles. The van der Waals surface area contributed by atoms with Gasteiger partial charge in [0.2, 0.25) is 0 Å². The van der Waals surface area contributed by atoms with Crippen molar-refractivity contribution in [3.8, 4) is 12.1 Å². The predicted molar refractivity (Wildman–Crippen MR) is 114 cm³/mol. The number of ether oxygens (including phenoxy) is 1. The minimum atomic E-state index is -0.0597. The first kappa shape index (κ1) is 19.9. The van der Waals surface area contributed by atoms with Crippen molar-refractivity contribution in [3.63, 3.8) is 0 Å². The Bertz CT molecular complexity index is 1100. The topological polar surface area (TPSA) is 99.9 Å². The molecule has 1 N–H and O–H groups in total. The zero-order chi connectivity index (χ0) is 21.1. The molecule has 0 saturated heterocycles. The minimum absolute atomic E-state index is 0.0597. The van der Waals surface area contributed by atoms with Gasteiger partial charge in [0, 0.05) is 48.1 Å². The van der Waals surface area contributed by atoms with Crippen LogP contribution in [0.3, 0.4) is 0 Å². The smallest absolute Gasteiger partial charge is 0.316 e. The number of nitrogens with one attached hydrogen (secondary N) is 1. The predicted octanol–water partition coefficient (Wildman–Crippen LogP) is 3.54. The Hall–Kier alpha value is -3.44. The third kappa shape index (κ3) is 3.98. The summed E-state index contributed by atoms with van der Waals surface area (Å²) in [5.74, 6) is 0.764. The van der Waals surface area contributed by atoms with Crippen LogP contribution in [-0.4, -0.2) is 33.6 Å². The van der Waals surface area contributed by atoms with Crippen molar-refractivity contribution in [2.24, 2.45) is 0 Å². The average Bonchev–Trinajstić information content (AvgIpc) is 2.79. The molecule has 0 fully saturated rings. The minimum Gasteiger partial charge on any atom is -0.467 e. The molecule has 8 nitrogen and oxygen atoms in total. The van der Waals surface area contributed by atoms with Crippen LogP contribution in [0.1, 0.15) is 35.3 Å². The van der Waals surface area contributed by atoms with Gasteiger partial charge >= 0.3 is 6.01 Å². The molecule has 3 heterocycles. The molecule has 152 valence electrons. The number of nitrogens with zero attached hydrogens (tertiary/aromatic N) is 6. The Labute approximate surface area is 179 Å². The van der Waals surface area contributed by atoms with Crippen LogP contribution in [0.15, 0.2) is 36.9 Å². The van der Waals surface area contributed by atoms with Gasteiger partial charge in [0.25, 0.3) is 0 Å². The van der Waals surface area contributed by atoms with Crippen molar-refractivity contribution in [2.45, 2.75) is 25.9 Å². The van der Waals surface area contributed by atoms with Gasteiger partial charge in [-0.05, 0) is 25.1 Å². The van der Waals surface area contributed by atoms with Crippen molar-refractivity contribution in [1.29, 1.82) is 5.26 Å². The lowest BCUT2D eigenvalue weighted by molar-refractivity contribution is 0.379. The summed E-state index contributed by atoms with van der Waals surface area (Å²) in [6.07, 6.45) is 5.81. The normalized spacial score (nSPS) is 13.9. The Kier molecular flexibility index (Phi) is 5.63. The zero-order valence-electron chi connectivity index (χ0n) is 16.6. The van der Waals surface area contributed by atoms with E-state index in [1.165, 1.54) is 7.11 Å². The third-order valence-corrected chi connectivity index (χ3v) is 5.34. The fourth-order valence-electron chi connectivity index (χ4n) is 3.49. The summed E-state index contributed by atoms with van der Waals surface area (Å²) >= 11 is 6.06. The molecule has 3 aromatic rings. The molecule has 30 heavy (non-hydrogen) atoms. The molecule has 0 aliphatic carbocycles. The maximum atomic E-state index is 9.51. The lowest BCUT2D eigenvalue weighted by Gasteiger charge is -2.32. The van der Waals surface area contributed by atoms with Gasteiger partial charge in [0.15, 0.2) is 0 Å². The molecule has 1 aliphatic rings. The summed E-state index contributed by atoms with van der Waals surface area (Å²) in [6.45, 7) is 3.38. The number of rotatable bonds is 5.